The molecule has 0 bridgehead atoms. The molecule has 0 aliphatic carbocycles. The molecule has 0 unspecified atom stereocenters. The lowest BCUT2D eigenvalue weighted by Crippen LogP contribution is -2.40. The van der Waals surface area contributed by atoms with Crippen LogP contribution in [0.15, 0.2) is 0 Å². The zero-order chi connectivity index (χ0) is 7.99. The molecule has 1 heterocycles. The average molecular weight is 149 g/mol. The van der Waals surface area contributed by atoms with Crippen LogP contribution in [0.25, 0.3) is 0 Å². The van der Waals surface area contributed by atoms with E-state index >= 15 is 0 Å². The largest absolute Gasteiger partial charge is 0.364 e. The van der Waals surface area contributed by atoms with Crippen molar-refractivity contribution in [3.05, 3.63) is 0 Å². The van der Waals surface area contributed by atoms with Crippen LogP contribution in [0.3, 0.4) is 0 Å². The third kappa shape index (κ3) is 1.28. The first-order valence-electron chi connectivity index (χ1n) is 2.94. The molecule has 0 aromatic carbocycles. The molecule has 1 saturated heterocycles. The average Bonchev–Trinajstić information content (AvgIpc) is 1.73. The number of likely N-dealkylation sites (tertiary alicyclic amines) is 1. The van der Waals surface area contributed by atoms with Crippen LogP contribution >= 0.6 is 0 Å². The minimum Gasteiger partial charge on any atom is -0.364 e. The van der Waals surface area contributed by atoms with Gasteiger partial charge < -0.3 is 20.4 Å². The number of rotatable bonds is 0. The van der Waals surface area contributed by atoms with Gasteiger partial charge >= 0.3 is 0 Å². The van der Waals surface area contributed by atoms with Crippen LogP contribution in [0.5, 0.6) is 0 Å². The number of β-amino-alcohol motifs (C(OH)–C–C–N with tert-alkyl or cyclic N) is 2. The first-order chi connectivity index (χ1) is 4.33. The summed E-state index contributed by atoms with van der Waals surface area (Å²) in [6, 6.07) is 0. The number of hydrogen-bond acceptors (Lipinski definition) is 5. The SMILES string of the molecule is CN1CC(O)(O)CC1(O)O. The molecule has 0 saturated carbocycles. The minimum absolute atomic E-state index is 0.153. The highest BCUT2D eigenvalue weighted by Gasteiger charge is 2.48. The van der Waals surface area contributed by atoms with Crippen molar-refractivity contribution in [2.24, 2.45) is 0 Å². The van der Waals surface area contributed by atoms with E-state index in [1.54, 1.807) is 0 Å². The van der Waals surface area contributed by atoms with E-state index in [1.807, 2.05) is 0 Å². The monoisotopic (exact) mass is 149 g/mol. The van der Waals surface area contributed by atoms with E-state index < -0.39 is 18.1 Å². The van der Waals surface area contributed by atoms with Crippen molar-refractivity contribution in [3.8, 4) is 0 Å². The maximum absolute atomic E-state index is 8.96. The molecule has 60 valence electrons. The molecule has 0 aromatic rings. The van der Waals surface area contributed by atoms with Gasteiger partial charge in [0.2, 0.25) is 5.91 Å². The van der Waals surface area contributed by atoms with Crippen LogP contribution in [0.4, 0.5) is 0 Å². The Morgan fingerprint density at radius 1 is 1.20 bits per heavy atom. The molecule has 4 N–H and O–H groups in total. The summed E-state index contributed by atoms with van der Waals surface area (Å²) in [6.07, 6.45) is -0.462. The molecule has 0 atom stereocenters. The molecule has 0 radical (unpaired) electrons. The van der Waals surface area contributed by atoms with Crippen LogP contribution in [0.2, 0.25) is 0 Å². The van der Waals surface area contributed by atoms with E-state index in [1.165, 1.54) is 7.05 Å². The van der Waals surface area contributed by atoms with Crippen LogP contribution in [-0.4, -0.2) is 50.6 Å². The molecular formula is C5H11NO4. The Kier molecular flexibility index (Phi) is 1.50. The molecule has 5 heteroatoms. The summed E-state index contributed by atoms with van der Waals surface area (Å²) in [5.74, 6) is -4.05. The van der Waals surface area contributed by atoms with Gasteiger partial charge in [0.25, 0.3) is 0 Å². The van der Waals surface area contributed by atoms with E-state index in [4.69, 9.17) is 20.4 Å². The van der Waals surface area contributed by atoms with Crippen molar-refractivity contribution in [1.29, 1.82) is 0 Å². The Hall–Kier alpha value is -0.200. The van der Waals surface area contributed by atoms with Crippen LogP contribution in [0.1, 0.15) is 6.42 Å². The second kappa shape index (κ2) is 1.90. The Morgan fingerprint density at radius 3 is 1.80 bits per heavy atom. The highest BCUT2D eigenvalue weighted by Crippen LogP contribution is 2.28. The maximum atomic E-state index is 8.96. The Balaban J connectivity index is 2.71. The molecular weight excluding hydrogens is 138 g/mol. The summed E-state index contributed by atoms with van der Waals surface area (Å²) >= 11 is 0. The fourth-order valence-corrected chi connectivity index (χ4v) is 1.08. The van der Waals surface area contributed by atoms with Gasteiger partial charge in [-0.3, -0.25) is 4.90 Å². The summed E-state index contributed by atoms with van der Waals surface area (Å²) in [7, 11) is 1.40. The first-order valence-corrected chi connectivity index (χ1v) is 2.94. The van der Waals surface area contributed by atoms with Crippen molar-refractivity contribution in [3.63, 3.8) is 0 Å². The van der Waals surface area contributed by atoms with Gasteiger partial charge in [-0.15, -0.1) is 0 Å². The van der Waals surface area contributed by atoms with Crippen molar-refractivity contribution in [2.75, 3.05) is 13.6 Å². The second-order valence-electron chi connectivity index (χ2n) is 2.79. The molecule has 0 aromatic heterocycles. The third-order valence-electron chi connectivity index (χ3n) is 1.62. The summed E-state index contributed by atoms with van der Waals surface area (Å²) in [4.78, 5) is 1.06. The highest BCUT2D eigenvalue weighted by molar-refractivity contribution is 4.85. The summed E-state index contributed by atoms with van der Waals surface area (Å²) in [5.41, 5.74) is 0. The molecule has 1 aliphatic rings. The fourth-order valence-electron chi connectivity index (χ4n) is 1.08. The van der Waals surface area contributed by atoms with Crippen molar-refractivity contribution < 1.29 is 20.4 Å². The molecule has 0 spiro atoms. The standard InChI is InChI=1S/C5H11NO4/c1-6-3-4(7,8)2-5(6,9)10/h7-10H,2-3H2,1H3. The predicted molar refractivity (Wildman–Crippen MR) is 31.6 cm³/mol. The predicted octanol–water partition coefficient (Wildman–Crippen LogP) is -2.36. The van der Waals surface area contributed by atoms with E-state index in [0.717, 1.165) is 4.90 Å². The number of hydrogen-bond donors (Lipinski definition) is 4. The molecule has 10 heavy (non-hydrogen) atoms. The second-order valence-corrected chi connectivity index (χ2v) is 2.79. The van der Waals surface area contributed by atoms with Crippen LogP contribution in [0, 0.1) is 0 Å². The Bertz CT molecular complexity index is 145. The Morgan fingerprint density at radius 2 is 1.70 bits per heavy atom. The van der Waals surface area contributed by atoms with Gasteiger partial charge in [-0.1, -0.05) is 0 Å². The number of aliphatic hydroxyl groups is 4. The smallest absolute Gasteiger partial charge is 0.230 e. The zero-order valence-electron chi connectivity index (χ0n) is 5.65. The van der Waals surface area contributed by atoms with Gasteiger partial charge in [-0.25, -0.2) is 0 Å². The normalized spacial score (nSPS) is 30.9. The van der Waals surface area contributed by atoms with Gasteiger partial charge in [0, 0.05) is 0 Å². The van der Waals surface area contributed by atoms with E-state index in [-0.39, 0.29) is 6.54 Å². The molecule has 5 nitrogen and oxygen atoms in total. The van der Waals surface area contributed by atoms with E-state index in [0.29, 0.717) is 0 Å². The molecule has 1 aliphatic heterocycles. The fraction of sp³-hybridized carbons (Fsp3) is 1.00. The van der Waals surface area contributed by atoms with E-state index in [2.05, 4.69) is 0 Å². The van der Waals surface area contributed by atoms with Crippen molar-refractivity contribution in [2.45, 2.75) is 18.1 Å². The van der Waals surface area contributed by atoms with Crippen LogP contribution < -0.4 is 0 Å². The topological polar surface area (TPSA) is 84.2 Å². The molecule has 1 rings (SSSR count). The highest BCUT2D eigenvalue weighted by atomic mass is 16.6. The summed E-state index contributed by atoms with van der Waals surface area (Å²) in [6.45, 7) is -0.153. The summed E-state index contributed by atoms with van der Waals surface area (Å²) < 4.78 is 0. The quantitative estimate of drug-likeness (QED) is 0.290. The van der Waals surface area contributed by atoms with E-state index in [9.17, 15) is 0 Å². The first kappa shape index (κ1) is 7.90. The minimum atomic E-state index is -2.08. The number of nitrogens with zero attached hydrogens (tertiary/aromatic N) is 1. The van der Waals surface area contributed by atoms with Crippen molar-refractivity contribution >= 4 is 0 Å². The van der Waals surface area contributed by atoms with Gasteiger partial charge in [-0.05, 0) is 7.05 Å². The molecule has 0 amide bonds. The lowest BCUT2D eigenvalue weighted by atomic mass is 10.2. The summed E-state index contributed by atoms with van der Waals surface area (Å²) in [5, 5.41) is 35.7. The van der Waals surface area contributed by atoms with Gasteiger partial charge in [0.05, 0.1) is 13.0 Å². The Labute approximate surface area is 58.1 Å². The molecule has 1 fully saturated rings. The lowest BCUT2D eigenvalue weighted by Gasteiger charge is -2.21. The van der Waals surface area contributed by atoms with Crippen molar-refractivity contribution in [1.82, 2.24) is 4.90 Å². The van der Waals surface area contributed by atoms with Gasteiger partial charge in [-0.2, -0.15) is 0 Å². The lowest BCUT2D eigenvalue weighted by molar-refractivity contribution is -0.247. The zero-order valence-corrected chi connectivity index (χ0v) is 5.65. The third-order valence-corrected chi connectivity index (χ3v) is 1.62. The van der Waals surface area contributed by atoms with Crippen LogP contribution in [-0.2, 0) is 0 Å². The number of likely N-dealkylation sites (N-methyl/N-ethyl adjacent to an activating group) is 1. The van der Waals surface area contributed by atoms with Gasteiger partial charge in [0.15, 0.2) is 5.79 Å². The maximum Gasteiger partial charge on any atom is 0.230 e. The van der Waals surface area contributed by atoms with Gasteiger partial charge in [0.1, 0.15) is 0 Å².